The second kappa shape index (κ2) is 11.0. The van der Waals surface area contributed by atoms with Gasteiger partial charge in [-0.3, -0.25) is 14.4 Å². The van der Waals surface area contributed by atoms with Gasteiger partial charge in [-0.2, -0.15) is 0 Å². The lowest BCUT2D eigenvalue weighted by Gasteiger charge is -2.15. The minimum Gasteiger partial charge on any atom is -0.464 e. The standard InChI is InChI=1S/C19H28N4O5/c1-5-28-19(27)12(4)22-17(25)13-6-8-14(9-7-13)23-15(24)10-21-18(26)16(20)11(2)3/h6-9,11-12,16H,5,10,20H2,1-4H3,(H,21,26)(H,22,25)(H,23,24)/t12?,16-/m0/s1. The maximum atomic E-state index is 12.1. The number of amides is 3. The highest BCUT2D eigenvalue weighted by molar-refractivity contribution is 5.98. The van der Waals surface area contributed by atoms with Crippen LogP contribution in [0.25, 0.3) is 0 Å². The van der Waals surface area contributed by atoms with Gasteiger partial charge in [0.05, 0.1) is 19.2 Å². The average Bonchev–Trinajstić information content (AvgIpc) is 2.65. The number of nitrogens with two attached hydrogens (primary N) is 1. The molecule has 154 valence electrons. The Bertz CT molecular complexity index is 703. The van der Waals surface area contributed by atoms with Crippen molar-refractivity contribution in [2.75, 3.05) is 18.5 Å². The van der Waals surface area contributed by atoms with Crippen LogP contribution in [-0.4, -0.2) is 48.9 Å². The van der Waals surface area contributed by atoms with E-state index in [1.807, 2.05) is 13.8 Å². The first-order valence-corrected chi connectivity index (χ1v) is 9.06. The van der Waals surface area contributed by atoms with Gasteiger partial charge in [0.1, 0.15) is 6.04 Å². The number of anilines is 1. The Hall–Kier alpha value is -2.94. The molecule has 0 fully saturated rings. The Morgan fingerprint density at radius 2 is 1.68 bits per heavy atom. The highest BCUT2D eigenvalue weighted by Gasteiger charge is 2.18. The van der Waals surface area contributed by atoms with Crippen molar-refractivity contribution in [2.24, 2.45) is 11.7 Å². The number of carbonyl (C=O) groups excluding carboxylic acids is 4. The molecule has 0 spiro atoms. The van der Waals surface area contributed by atoms with Crippen molar-refractivity contribution in [1.82, 2.24) is 10.6 Å². The Morgan fingerprint density at radius 1 is 1.07 bits per heavy atom. The molecule has 0 radical (unpaired) electrons. The highest BCUT2D eigenvalue weighted by Crippen LogP contribution is 2.10. The van der Waals surface area contributed by atoms with Crippen molar-refractivity contribution in [3.63, 3.8) is 0 Å². The predicted molar refractivity (Wildman–Crippen MR) is 104 cm³/mol. The molecule has 0 heterocycles. The molecule has 1 aromatic rings. The normalized spacial score (nSPS) is 12.6. The monoisotopic (exact) mass is 392 g/mol. The van der Waals surface area contributed by atoms with E-state index in [-0.39, 0.29) is 19.1 Å². The van der Waals surface area contributed by atoms with Gasteiger partial charge in [0, 0.05) is 11.3 Å². The molecule has 0 saturated heterocycles. The van der Waals surface area contributed by atoms with E-state index in [2.05, 4.69) is 16.0 Å². The quantitative estimate of drug-likeness (QED) is 0.449. The molecule has 9 nitrogen and oxygen atoms in total. The summed E-state index contributed by atoms with van der Waals surface area (Å²) in [6.45, 7) is 6.87. The van der Waals surface area contributed by atoms with Gasteiger partial charge in [0.2, 0.25) is 11.8 Å². The lowest BCUT2D eigenvalue weighted by Crippen LogP contribution is -2.46. The van der Waals surface area contributed by atoms with E-state index in [0.29, 0.717) is 11.3 Å². The fourth-order valence-corrected chi connectivity index (χ4v) is 2.10. The molecule has 0 bridgehead atoms. The second-order valence-electron chi connectivity index (χ2n) is 6.56. The number of nitrogens with one attached hydrogen (secondary N) is 3. The van der Waals surface area contributed by atoms with Gasteiger partial charge in [-0.15, -0.1) is 0 Å². The first kappa shape index (κ1) is 23.1. The Morgan fingerprint density at radius 3 is 2.21 bits per heavy atom. The smallest absolute Gasteiger partial charge is 0.328 e. The highest BCUT2D eigenvalue weighted by atomic mass is 16.5. The second-order valence-corrected chi connectivity index (χ2v) is 6.56. The van der Waals surface area contributed by atoms with Crippen LogP contribution in [0, 0.1) is 5.92 Å². The summed E-state index contributed by atoms with van der Waals surface area (Å²) in [6, 6.07) is 4.66. The van der Waals surface area contributed by atoms with E-state index in [1.165, 1.54) is 19.1 Å². The SMILES string of the molecule is CCOC(=O)C(C)NC(=O)c1ccc(NC(=O)CNC(=O)[C@@H](N)C(C)C)cc1. The molecule has 0 aliphatic heterocycles. The van der Waals surface area contributed by atoms with E-state index in [4.69, 9.17) is 10.5 Å². The zero-order valence-corrected chi connectivity index (χ0v) is 16.6. The Labute approximate surface area is 164 Å². The third kappa shape index (κ3) is 7.36. The van der Waals surface area contributed by atoms with Crippen molar-refractivity contribution in [2.45, 2.75) is 39.8 Å². The van der Waals surface area contributed by atoms with Gasteiger partial charge < -0.3 is 26.4 Å². The fraction of sp³-hybridized carbons (Fsp3) is 0.474. The zero-order chi connectivity index (χ0) is 21.3. The van der Waals surface area contributed by atoms with Gasteiger partial charge >= 0.3 is 5.97 Å². The van der Waals surface area contributed by atoms with Gasteiger partial charge in [-0.05, 0) is 44.0 Å². The fourth-order valence-electron chi connectivity index (χ4n) is 2.10. The number of benzene rings is 1. The number of esters is 1. The van der Waals surface area contributed by atoms with Crippen LogP contribution in [0.2, 0.25) is 0 Å². The van der Waals surface area contributed by atoms with E-state index >= 15 is 0 Å². The summed E-state index contributed by atoms with van der Waals surface area (Å²) in [7, 11) is 0. The van der Waals surface area contributed by atoms with Crippen LogP contribution in [0.1, 0.15) is 38.1 Å². The summed E-state index contributed by atoms with van der Waals surface area (Å²) in [4.78, 5) is 47.3. The first-order valence-electron chi connectivity index (χ1n) is 9.06. The molecule has 1 rings (SSSR count). The van der Waals surface area contributed by atoms with Crippen molar-refractivity contribution in [3.8, 4) is 0 Å². The molecule has 0 saturated carbocycles. The van der Waals surface area contributed by atoms with Crippen molar-refractivity contribution < 1.29 is 23.9 Å². The number of hydrogen-bond acceptors (Lipinski definition) is 6. The lowest BCUT2D eigenvalue weighted by atomic mass is 10.1. The molecule has 9 heteroatoms. The number of rotatable bonds is 9. The van der Waals surface area contributed by atoms with E-state index in [9.17, 15) is 19.2 Å². The van der Waals surface area contributed by atoms with Crippen molar-refractivity contribution >= 4 is 29.4 Å². The zero-order valence-electron chi connectivity index (χ0n) is 16.6. The van der Waals surface area contributed by atoms with Gasteiger partial charge in [0.25, 0.3) is 5.91 Å². The van der Waals surface area contributed by atoms with Crippen LogP contribution in [0.5, 0.6) is 0 Å². The van der Waals surface area contributed by atoms with Crippen LogP contribution in [-0.2, 0) is 19.1 Å². The van der Waals surface area contributed by atoms with E-state index in [1.54, 1.807) is 19.1 Å². The number of hydrogen-bond donors (Lipinski definition) is 4. The third-order valence-corrected chi connectivity index (χ3v) is 3.86. The van der Waals surface area contributed by atoms with Crippen molar-refractivity contribution in [3.05, 3.63) is 29.8 Å². The molecule has 3 amide bonds. The van der Waals surface area contributed by atoms with E-state index in [0.717, 1.165) is 0 Å². The van der Waals surface area contributed by atoms with Gasteiger partial charge in [-0.25, -0.2) is 4.79 Å². The van der Waals surface area contributed by atoms with E-state index < -0.39 is 35.8 Å². The summed E-state index contributed by atoms with van der Waals surface area (Å²) in [5.74, 6) is -1.80. The summed E-state index contributed by atoms with van der Waals surface area (Å²) in [6.07, 6.45) is 0. The lowest BCUT2D eigenvalue weighted by molar-refractivity contribution is -0.144. The third-order valence-electron chi connectivity index (χ3n) is 3.86. The molecule has 0 aromatic heterocycles. The van der Waals surface area contributed by atoms with Gasteiger partial charge in [0.15, 0.2) is 0 Å². The first-order chi connectivity index (χ1) is 13.1. The molecule has 0 aliphatic carbocycles. The van der Waals surface area contributed by atoms with Crippen LogP contribution in [0.3, 0.4) is 0 Å². The maximum absolute atomic E-state index is 12.1. The maximum Gasteiger partial charge on any atom is 0.328 e. The van der Waals surface area contributed by atoms with Crippen molar-refractivity contribution in [1.29, 1.82) is 0 Å². The summed E-state index contributed by atoms with van der Waals surface area (Å²) in [5, 5.41) is 7.61. The predicted octanol–water partition coefficient (Wildman–Crippen LogP) is 0.406. The molecule has 28 heavy (non-hydrogen) atoms. The molecule has 0 aliphatic rings. The minimum atomic E-state index is -0.771. The van der Waals surface area contributed by atoms with Crippen LogP contribution in [0.4, 0.5) is 5.69 Å². The van der Waals surface area contributed by atoms with Crippen LogP contribution >= 0.6 is 0 Å². The molecular formula is C19H28N4O5. The number of carbonyl (C=O) groups is 4. The molecule has 1 aromatic carbocycles. The summed E-state index contributed by atoms with van der Waals surface area (Å²) in [5.41, 5.74) is 6.49. The topological polar surface area (TPSA) is 140 Å². The minimum absolute atomic E-state index is 0.0340. The van der Waals surface area contributed by atoms with Crippen LogP contribution < -0.4 is 21.7 Å². The van der Waals surface area contributed by atoms with Crippen LogP contribution in [0.15, 0.2) is 24.3 Å². The summed E-state index contributed by atoms with van der Waals surface area (Å²) >= 11 is 0. The number of ether oxygens (including phenoxy) is 1. The molecule has 1 unspecified atom stereocenters. The molecular weight excluding hydrogens is 364 g/mol. The largest absolute Gasteiger partial charge is 0.464 e. The Balaban J connectivity index is 2.53. The van der Waals surface area contributed by atoms with Gasteiger partial charge in [-0.1, -0.05) is 13.8 Å². The molecule has 5 N–H and O–H groups in total. The molecule has 2 atom stereocenters. The Kier molecular flexibility index (Phi) is 9.10. The summed E-state index contributed by atoms with van der Waals surface area (Å²) < 4.78 is 4.83. The average molecular weight is 392 g/mol.